The molecule has 15 heavy (non-hydrogen) atoms. The SMILES string of the molecule is O=Cc1cc(I)c(O)c(OC(F)(F)F)n1. The average molecular weight is 333 g/mol. The highest BCUT2D eigenvalue weighted by Crippen LogP contribution is 2.33. The Morgan fingerprint density at radius 2 is 2.13 bits per heavy atom. The second-order valence-corrected chi connectivity index (χ2v) is 3.51. The number of carbonyl (C=O) groups is 1. The number of rotatable bonds is 2. The Morgan fingerprint density at radius 3 is 2.60 bits per heavy atom. The molecule has 0 atom stereocenters. The van der Waals surface area contributed by atoms with E-state index >= 15 is 0 Å². The quantitative estimate of drug-likeness (QED) is 0.665. The van der Waals surface area contributed by atoms with Crippen molar-refractivity contribution in [1.29, 1.82) is 0 Å². The number of halogens is 4. The summed E-state index contributed by atoms with van der Waals surface area (Å²) >= 11 is 1.55. The molecule has 0 radical (unpaired) electrons. The Balaban J connectivity index is 3.16. The van der Waals surface area contributed by atoms with Gasteiger partial charge >= 0.3 is 6.36 Å². The van der Waals surface area contributed by atoms with Crippen molar-refractivity contribution in [2.24, 2.45) is 0 Å². The van der Waals surface area contributed by atoms with E-state index in [1.165, 1.54) is 0 Å². The summed E-state index contributed by atoms with van der Waals surface area (Å²) in [5.41, 5.74) is -0.253. The Hall–Kier alpha value is -1.06. The van der Waals surface area contributed by atoms with Crippen LogP contribution in [-0.2, 0) is 0 Å². The van der Waals surface area contributed by atoms with E-state index < -0.39 is 18.0 Å². The van der Waals surface area contributed by atoms with Gasteiger partial charge in [-0.1, -0.05) is 0 Å². The van der Waals surface area contributed by atoms with Crippen molar-refractivity contribution in [2.45, 2.75) is 6.36 Å². The molecule has 0 aliphatic heterocycles. The third kappa shape index (κ3) is 3.22. The van der Waals surface area contributed by atoms with Gasteiger partial charge in [-0.15, -0.1) is 13.2 Å². The van der Waals surface area contributed by atoms with Crippen LogP contribution in [0.1, 0.15) is 10.5 Å². The van der Waals surface area contributed by atoms with Crippen LogP contribution < -0.4 is 4.74 Å². The van der Waals surface area contributed by atoms with Crippen LogP contribution in [0.5, 0.6) is 11.6 Å². The Bertz CT molecular complexity index is 394. The zero-order valence-electron chi connectivity index (χ0n) is 6.88. The fraction of sp³-hybridized carbons (Fsp3) is 0.143. The first-order chi connectivity index (χ1) is 6.83. The highest BCUT2D eigenvalue weighted by atomic mass is 127. The molecule has 1 heterocycles. The van der Waals surface area contributed by atoms with Gasteiger partial charge in [0.1, 0.15) is 5.69 Å². The number of aldehydes is 1. The minimum absolute atomic E-state index is 0.0453. The minimum atomic E-state index is -4.96. The van der Waals surface area contributed by atoms with E-state index in [1.54, 1.807) is 22.6 Å². The Labute approximate surface area is 95.2 Å². The highest BCUT2D eigenvalue weighted by Gasteiger charge is 2.33. The van der Waals surface area contributed by atoms with E-state index in [-0.39, 0.29) is 15.6 Å². The maximum absolute atomic E-state index is 11.8. The van der Waals surface area contributed by atoms with Crippen molar-refractivity contribution in [2.75, 3.05) is 0 Å². The second kappa shape index (κ2) is 4.21. The third-order valence-corrected chi connectivity index (χ3v) is 2.09. The van der Waals surface area contributed by atoms with Gasteiger partial charge in [-0.05, 0) is 28.7 Å². The van der Waals surface area contributed by atoms with Crippen LogP contribution in [-0.4, -0.2) is 22.7 Å². The second-order valence-electron chi connectivity index (χ2n) is 2.35. The predicted octanol–water partition coefficient (Wildman–Crippen LogP) is 2.10. The first kappa shape index (κ1) is 12.0. The topological polar surface area (TPSA) is 59.4 Å². The van der Waals surface area contributed by atoms with Crippen molar-refractivity contribution in [3.63, 3.8) is 0 Å². The Morgan fingerprint density at radius 1 is 1.53 bits per heavy atom. The van der Waals surface area contributed by atoms with Crippen LogP contribution in [0.4, 0.5) is 13.2 Å². The number of aromatic hydroxyl groups is 1. The summed E-state index contributed by atoms with van der Waals surface area (Å²) in [5.74, 6) is -1.78. The number of hydrogen-bond acceptors (Lipinski definition) is 4. The summed E-state index contributed by atoms with van der Waals surface area (Å²) in [5, 5.41) is 9.17. The molecule has 0 saturated heterocycles. The first-order valence-corrected chi connectivity index (χ1v) is 4.52. The summed E-state index contributed by atoms with van der Waals surface area (Å²) in [7, 11) is 0. The molecule has 82 valence electrons. The van der Waals surface area contributed by atoms with Gasteiger partial charge in [0, 0.05) is 0 Å². The van der Waals surface area contributed by atoms with Crippen molar-refractivity contribution in [3.05, 3.63) is 15.3 Å². The number of aromatic nitrogens is 1. The van der Waals surface area contributed by atoms with E-state index in [0.29, 0.717) is 0 Å². The Kier molecular flexibility index (Phi) is 3.37. The molecular weight excluding hydrogens is 330 g/mol. The van der Waals surface area contributed by atoms with Gasteiger partial charge in [0.2, 0.25) is 0 Å². The summed E-state index contributed by atoms with van der Waals surface area (Å²) in [6.45, 7) is 0. The molecule has 0 amide bonds. The van der Waals surface area contributed by atoms with Gasteiger partial charge in [0.15, 0.2) is 12.0 Å². The molecule has 0 fully saturated rings. The molecule has 0 aliphatic carbocycles. The molecule has 0 aliphatic rings. The van der Waals surface area contributed by atoms with E-state index in [0.717, 1.165) is 6.07 Å². The van der Waals surface area contributed by atoms with Crippen molar-refractivity contribution >= 4 is 28.9 Å². The zero-order valence-corrected chi connectivity index (χ0v) is 9.03. The normalized spacial score (nSPS) is 11.2. The third-order valence-electron chi connectivity index (χ3n) is 1.27. The lowest BCUT2D eigenvalue weighted by Gasteiger charge is -2.10. The standard InChI is InChI=1S/C7H3F3INO3/c8-7(9,10)15-6-5(14)4(11)1-3(2-13)12-6/h1-2,14H. The number of ether oxygens (including phenoxy) is 1. The molecule has 1 rings (SSSR count). The fourth-order valence-corrected chi connectivity index (χ4v) is 1.29. The lowest BCUT2D eigenvalue weighted by Crippen LogP contribution is -2.18. The van der Waals surface area contributed by atoms with Crippen LogP contribution >= 0.6 is 22.6 Å². The van der Waals surface area contributed by atoms with Gasteiger partial charge in [-0.25, -0.2) is 4.98 Å². The first-order valence-electron chi connectivity index (χ1n) is 3.44. The number of hydrogen-bond donors (Lipinski definition) is 1. The number of pyridine rings is 1. The lowest BCUT2D eigenvalue weighted by molar-refractivity contribution is -0.276. The summed E-state index contributed by atoms with van der Waals surface area (Å²) in [4.78, 5) is 13.5. The van der Waals surface area contributed by atoms with E-state index in [2.05, 4.69) is 9.72 Å². The van der Waals surface area contributed by atoms with Gasteiger partial charge in [-0.3, -0.25) is 4.79 Å². The van der Waals surface area contributed by atoms with Crippen LogP contribution in [0.15, 0.2) is 6.07 Å². The molecule has 0 spiro atoms. The zero-order chi connectivity index (χ0) is 11.6. The van der Waals surface area contributed by atoms with Crippen LogP contribution in [0.2, 0.25) is 0 Å². The molecule has 8 heteroatoms. The molecule has 1 aromatic rings. The number of nitrogens with zero attached hydrogens (tertiary/aromatic N) is 1. The molecule has 0 bridgehead atoms. The van der Waals surface area contributed by atoms with E-state index in [9.17, 15) is 18.0 Å². The molecular formula is C7H3F3INO3. The smallest absolute Gasteiger partial charge is 0.502 e. The lowest BCUT2D eigenvalue weighted by atomic mass is 10.3. The number of alkyl halides is 3. The van der Waals surface area contributed by atoms with E-state index in [1.807, 2.05) is 0 Å². The average Bonchev–Trinajstić information content (AvgIpc) is 2.10. The molecule has 4 nitrogen and oxygen atoms in total. The van der Waals surface area contributed by atoms with Gasteiger partial charge in [0.25, 0.3) is 5.88 Å². The van der Waals surface area contributed by atoms with Gasteiger partial charge < -0.3 is 9.84 Å². The van der Waals surface area contributed by atoms with Crippen LogP contribution in [0.25, 0.3) is 0 Å². The minimum Gasteiger partial charge on any atom is -0.502 e. The predicted molar refractivity (Wildman–Crippen MR) is 50.7 cm³/mol. The van der Waals surface area contributed by atoms with E-state index in [4.69, 9.17) is 5.11 Å². The van der Waals surface area contributed by atoms with Gasteiger partial charge in [-0.2, -0.15) is 0 Å². The largest absolute Gasteiger partial charge is 0.574 e. The van der Waals surface area contributed by atoms with Crippen molar-refractivity contribution in [1.82, 2.24) is 4.98 Å². The maximum atomic E-state index is 11.8. The molecule has 0 unspecified atom stereocenters. The maximum Gasteiger partial charge on any atom is 0.574 e. The van der Waals surface area contributed by atoms with Crippen molar-refractivity contribution < 1.29 is 27.8 Å². The molecule has 1 aromatic heterocycles. The van der Waals surface area contributed by atoms with Crippen LogP contribution in [0.3, 0.4) is 0 Å². The number of carbonyl (C=O) groups excluding carboxylic acids is 1. The van der Waals surface area contributed by atoms with Crippen molar-refractivity contribution in [3.8, 4) is 11.6 Å². The monoisotopic (exact) mass is 333 g/mol. The molecule has 0 aromatic carbocycles. The van der Waals surface area contributed by atoms with Crippen LogP contribution in [0, 0.1) is 3.57 Å². The van der Waals surface area contributed by atoms with Gasteiger partial charge in [0.05, 0.1) is 3.57 Å². The molecule has 0 saturated carbocycles. The highest BCUT2D eigenvalue weighted by molar-refractivity contribution is 14.1. The summed E-state index contributed by atoms with van der Waals surface area (Å²) < 4.78 is 39.0. The summed E-state index contributed by atoms with van der Waals surface area (Å²) in [6.07, 6.45) is -4.71. The summed E-state index contributed by atoms with van der Waals surface area (Å²) in [6, 6.07) is 1.13. The molecule has 1 N–H and O–H groups in total. The fourth-order valence-electron chi connectivity index (χ4n) is 0.744.